The maximum absolute atomic E-state index is 6.04. The largest absolute Gasteiger partial charge is 0.358 e. The number of hydrogen-bond acceptors (Lipinski definition) is 2. The molecule has 0 amide bonds. The number of para-hydroxylation sites is 1. The van der Waals surface area contributed by atoms with Gasteiger partial charge in [0.15, 0.2) is 5.11 Å². The molecule has 2 N–H and O–H groups in total. The standard InChI is InChI=1S/C23H19ClN4S/c24-19-10-7-11-20(14-19)26-23(29)25-15-18-16-28(21-12-5-2-6-13-21)27-22(18)17-8-3-1-4-9-17/h1-14,16H,15H2,(H2,25,26,29). The molecule has 0 bridgehead atoms. The third-order valence-corrected chi connectivity index (χ3v) is 4.86. The average molecular weight is 419 g/mol. The highest BCUT2D eigenvalue weighted by atomic mass is 35.5. The molecule has 4 rings (SSSR count). The first-order valence-corrected chi connectivity index (χ1v) is 9.97. The summed E-state index contributed by atoms with van der Waals surface area (Å²) in [7, 11) is 0. The van der Waals surface area contributed by atoms with Crippen molar-refractivity contribution in [1.82, 2.24) is 15.1 Å². The van der Waals surface area contributed by atoms with Crippen molar-refractivity contribution >= 4 is 34.6 Å². The number of nitrogens with one attached hydrogen (secondary N) is 2. The summed E-state index contributed by atoms with van der Waals surface area (Å²) in [6.45, 7) is 0.545. The lowest BCUT2D eigenvalue weighted by atomic mass is 10.1. The zero-order valence-electron chi connectivity index (χ0n) is 15.5. The number of rotatable bonds is 5. The Morgan fingerprint density at radius 2 is 1.66 bits per heavy atom. The minimum absolute atomic E-state index is 0.527. The Labute approximate surface area is 180 Å². The van der Waals surface area contributed by atoms with Crippen LogP contribution in [0.2, 0.25) is 5.02 Å². The molecule has 0 aliphatic carbocycles. The fourth-order valence-electron chi connectivity index (χ4n) is 3.01. The molecule has 3 aromatic carbocycles. The normalized spacial score (nSPS) is 10.5. The van der Waals surface area contributed by atoms with Crippen LogP contribution < -0.4 is 10.6 Å². The molecule has 1 heterocycles. The van der Waals surface area contributed by atoms with E-state index in [-0.39, 0.29) is 0 Å². The second-order valence-electron chi connectivity index (χ2n) is 6.47. The highest BCUT2D eigenvalue weighted by molar-refractivity contribution is 7.80. The maximum atomic E-state index is 6.04. The summed E-state index contributed by atoms with van der Waals surface area (Å²) in [4.78, 5) is 0. The van der Waals surface area contributed by atoms with Crippen molar-refractivity contribution in [2.24, 2.45) is 0 Å². The Morgan fingerprint density at radius 3 is 2.38 bits per heavy atom. The predicted octanol–water partition coefficient (Wildman–Crippen LogP) is 5.68. The number of nitrogens with zero attached hydrogens (tertiary/aromatic N) is 2. The first-order valence-electron chi connectivity index (χ1n) is 9.19. The first kappa shape index (κ1) is 19.2. The van der Waals surface area contributed by atoms with Crippen molar-refractivity contribution in [3.05, 3.63) is 102 Å². The van der Waals surface area contributed by atoms with Gasteiger partial charge in [-0.25, -0.2) is 4.68 Å². The number of benzene rings is 3. The third-order valence-electron chi connectivity index (χ3n) is 4.38. The molecule has 0 spiro atoms. The fraction of sp³-hybridized carbons (Fsp3) is 0.0435. The molecule has 0 atom stereocenters. The molecule has 0 saturated heterocycles. The third kappa shape index (κ3) is 4.83. The summed E-state index contributed by atoms with van der Waals surface area (Å²) in [6.07, 6.45) is 2.03. The molecule has 0 aliphatic rings. The van der Waals surface area contributed by atoms with Crippen molar-refractivity contribution in [2.75, 3.05) is 5.32 Å². The highest BCUT2D eigenvalue weighted by Gasteiger charge is 2.12. The minimum Gasteiger partial charge on any atom is -0.358 e. The summed E-state index contributed by atoms with van der Waals surface area (Å²) in [5.74, 6) is 0. The molecule has 0 radical (unpaired) electrons. The summed E-state index contributed by atoms with van der Waals surface area (Å²) in [5.41, 5.74) is 4.89. The van der Waals surface area contributed by atoms with Gasteiger partial charge in [-0.1, -0.05) is 66.2 Å². The molecule has 1 aromatic heterocycles. The Morgan fingerprint density at radius 1 is 0.931 bits per heavy atom. The molecular formula is C23H19ClN4S. The number of aromatic nitrogens is 2. The van der Waals surface area contributed by atoms with Crippen LogP contribution >= 0.6 is 23.8 Å². The molecule has 29 heavy (non-hydrogen) atoms. The van der Waals surface area contributed by atoms with Crippen LogP contribution in [0.25, 0.3) is 16.9 Å². The van der Waals surface area contributed by atoms with E-state index in [0.717, 1.165) is 28.2 Å². The molecule has 0 aliphatic heterocycles. The number of anilines is 1. The lowest BCUT2D eigenvalue weighted by molar-refractivity contribution is 0.879. The zero-order valence-corrected chi connectivity index (χ0v) is 17.1. The lowest BCUT2D eigenvalue weighted by Gasteiger charge is -2.10. The quantitative estimate of drug-likeness (QED) is 0.409. The Balaban J connectivity index is 1.55. The van der Waals surface area contributed by atoms with E-state index in [0.29, 0.717) is 16.7 Å². The van der Waals surface area contributed by atoms with Gasteiger partial charge in [-0.05, 0) is 42.5 Å². The van der Waals surface area contributed by atoms with Gasteiger partial charge < -0.3 is 10.6 Å². The number of hydrogen-bond donors (Lipinski definition) is 2. The van der Waals surface area contributed by atoms with Gasteiger partial charge in [0.2, 0.25) is 0 Å². The molecule has 6 heteroatoms. The molecule has 4 nitrogen and oxygen atoms in total. The molecule has 4 aromatic rings. The topological polar surface area (TPSA) is 41.9 Å². The minimum atomic E-state index is 0.527. The Hall–Kier alpha value is -3.15. The van der Waals surface area contributed by atoms with Crippen molar-refractivity contribution in [3.63, 3.8) is 0 Å². The van der Waals surface area contributed by atoms with Gasteiger partial charge in [0.05, 0.1) is 11.4 Å². The maximum Gasteiger partial charge on any atom is 0.171 e. The van der Waals surface area contributed by atoms with Crippen molar-refractivity contribution in [3.8, 4) is 16.9 Å². The fourth-order valence-corrected chi connectivity index (χ4v) is 3.39. The summed E-state index contributed by atoms with van der Waals surface area (Å²) < 4.78 is 1.90. The van der Waals surface area contributed by atoms with Gasteiger partial charge >= 0.3 is 0 Å². The Kier molecular flexibility index (Phi) is 5.89. The zero-order chi connectivity index (χ0) is 20.1. The van der Waals surface area contributed by atoms with Crippen LogP contribution in [0, 0.1) is 0 Å². The average Bonchev–Trinajstić information content (AvgIpc) is 3.18. The van der Waals surface area contributed by atoms with Crippen molar-refractivity contribution in [1.29, 1.82) is 0 Å². The van der Waals surface area contributed by atoms with E-state index in [1.807, 2.05) is 83.7 Å². The summed E-state index contributed by atoms with van der Waals surface area (Å²) in [5, 5.41) is 12.4. The van der Waals surface area contributed by atoms with Crippen LogP contribution in [0.1, 0.15) is 5.56 Å². The van der Waals surface area contributed by atoms with Crippen LogP contribution in [-0.2, 0) is 6.54 Å². The smallest absolute Gasteiger partial charge is 0.171 e. The molecular weight excluding hydrogens is 400 g/mol. The van der Waals surface area contributed by atoms with E-state index >= 15 is 0 Å². The second-order valence-corrected chi connectivity index (χ2v) is 7.31. The van der Waals surface area contributed by atoms with Gasteiger partial charge in [-0.2, -0.15) is 5.10 Å². The van der Waals surface area contributed by atoms with Crippen LogP contribution in [-0.4, -0.2) is 14.9 Å². The van der Waals surface area contributed by atoms with E-state index < -0.39 is 0 Å². The van der Waals surface area contributed by atoms with Gasteiger partial charge in [0.25, 0.3) is 0 Å². The van der Waals surface area contributed by atoms with Crippen LogP contribution in [0.4, 0.5) is 5.69 Å². The van der Waals surface area contributed by atoms with Crippen LogP contribution in [0.15, 0.2) is 91.1 Å². The van der Waals surface area contributed by atoms with E-state index in [2.05, 4.69) is 22.8 Å². The van der Waals surface area contributed by atoms with Crippen molar-refractivity contribution < 1.29 is 0 Å². The van der Waals surface area contributed by atoms with Gasteiger partial charge in [-0.3, -0.25) is 0 Å². The van der Waals surface area contributed by atoms with E-state index in [4.69, 9.17) is 28.9 Å². The van der Waals surface area contributed by atoms with Crippen LogP contribution in [0.5, 0.6) is 0 Å². The molecule has 0 unspecified atom stereocenters. The predicted molar refractivity (Wildman–Crippen MR) is 124 cm³/mol. The SMILES string of the molecule is S=C(NCc1cn(-c2ccccc2)nc1-c1ccccc1)Nc1cccc(Cl)c1. The Bertz CT molecular complexity index is 1110. The molecule has 144 valence electrons. The second kappa shape index (κ2) is 8.90. The van der Waals surface area contributed by atoms with Gasteiger partial charge in [0, 0.05) is 34.6 Å². The number of thiocarbonyl (C=S) groups is 1. The van der Waals surface area contributed by atoms with E-state index in [9.17, 15) is 0 Å². The van der Waals surface area contributed by atoms with Crippen molar-refractivity contribution in [2.45, 2.75) is 6.54 Å². The van der Waals surface area contributed by atoms with E-state index in [1.54, 1.807) is 0 Å². The molecule has 0 saturated carbocycles. The first-order chi connectivity index (χ1) is 14.2. The van der Waals surface area contributed by atoms with Gasteiger partial charge in [-0.15, -0.1) is 0 Å². The monoisotopic (exact) mass is 418 g/mol. The van der Waals surface area contributed by atoms with Gasteiger partial charge in [0.1, 0.15) is 0 Å². The number of halogens is 1. The molecule has 0 fully saturated rings. The van der Waals surface area contributed by atoms with E-state index in [1.165, 1.54) is 0 Å². The van der Waals surface area contributed by atoms with Crippen LogP contribution in [0.3, 0.4) is 0 Å². The summed E-state index contributed by atoms with van der Waals surface area (Å²) in [6, 6.07) is 27.7. The summed E-state index contributed by atoms with van der Waals surface area (Å²) >= 11 is 11.5. The lowest BCUT2D eigenvalue weighted by Crippen LogP contribution is -2.27. The highest BCUT2D eigenvalue weighted by Crippen LogP contribution is 2.23.